The predicted octanol–water partition coefficient (Wildman–Crippen LogP) is 2.81. The van der Waals surface area contributed by atoms with Gasteiger partial charge in [0.05, 0.1) is 39.0 Å². The molecule has 2 fully saturated rings. The summed E-state index contributed by atoms with van der Waals surface area (Å²) < 4.78 is 66.2. The van der Waals surface area contributed by atoms with Crippen molar-refractivity contribution in [3.8, 4) is 6.07 Å². The number of carbonyl (C=O) groups is 5. The Morgan fingerprint density at radius 1 is 0.930 bits per heavy atom. The number of piperidine rings is 2. The van der Waals surface area contributed by atoms with Crippen LogP contribution in [0.5, 0.6) is 0 Å². The molecule has 19 heteroatoms. The SMILES string of the molecule is CC(O)(CS(=O)(=O)c1ccc(NCCNC2CCN(c3ccc4c(c3)C(=O)N(C3CCC(=O)NC3=O)C4=O)CC2)cc1)C(=O)Nc1ccc(C#N)c(C(F)(F)F)c1. The second kappa shape index (κ2) is 16.0. The number of hydrogen-bond donors (Lipinski definition) is 5. The summed E-state index contributed by atoms with van der Waals surface area (Å²) in [5.74, 6) is -4.52. The number of amides is 5. The number of benzene rings is 3. The Balaban J connectivity index is 0.947. The predicted molar refractivity (Wildman–Crippen MR) is 199 cm³/mol. The second-order valence-corrected chi connectivity index (χ2v) is 16.2. The molecule has 5 amide bonds. The summed E-state index contributed by atoms with van der Waals surface area (Å²) in [6.45, 7) is 3.37. The van der Waals surface area contributed by atoms with Crippen molar-refractivity contribution in [3.05, 3.63) is 82.9 Å². The number of anilines is 3. The van der Waals surface area contributed by atoms with Gasteiger partial charge in [0.1, 0.15) is 6.04 Å². The van der Waals surface area contributed by atoms with E-state index in [4.69, 9.17) is 5.26 Å². The van der Waals surface area contributed by atoms with Gasteiger partial charge in [-0.3, -0.25) is 34.2 Å². The lowest BCUT2D eigenvalue weighted by atomic mass is 10.0. The van der Waals surface area contributed by atoms with E-state index in [1.165, 1.54) is 30.3 Å². The highest BCUT2D eigenvalue weighted by atomic mass is 32.2. The van der Waals surface area contributed by atoms with Crippen molar-refractivity contribution < 1.29 is 50.7 Å². The van der Waals surface area contributed by atoms with Crippen LogP contribution in [0, 0.1) is 11.3 Å². The molecule has 2 atom stereocenters. The highest BCUT2D eigenvalue weighted by molar-refractivity contribution is 7.91. The average Bonchev–Trinajstić information content (AvgIpc) is 3.41. The summed E-state index contributed by atoms with van der Waals surface area (Å²) >= 11 is 0. The van der Waals surface area contributed by atoms with Crippen LogP contribution in [0.25, 0.3) is 0 Å². The molecule has 5 N–H and O–H groups in total. The summed E-state index contributed by atoms with van der Waals surface area (Å²) in [4.78, 5) is 65.8. The Labute approximate surface area is 325 Å². The molecule has 57 heavy (non-hydrogen) atoms. The van der Waals surface area contributed by atoms with E-state index in [1.54, 1.807) is 18.2 Å². The van der Waals surface area contributed by atoms with Crippen molar-refractivity contribution in [2.75, 3.05) is 47.5 Å². The van der Waals surface area contributed by atoms with Gasteiger partial charge in [-0.05, 0) is 86.8 Å². The molecule has 300 valence electrons. The maximum Gasteiger partial charge on any atom is 0.417 e. The maximum absolute atomic E-state index is 13.3. The third-order valence-electron chi connectivity index (χ3n) is 10.0. The van der Waals surface area contributed by atoms with Crippen LogP contribution in [-0.4, -0.2) is 97.6 Å². The number of sulfone groups is 1. The Kier molecular flexibility index (Phi) is 11.4. The summed E-state index contributed by atoms with van der Waals surface area (Å²) in [5, 5.41) is 30.7. The molecule has 3 aromatic rings. The van der Waals surface area contributed by atoms with E-state index in [0.29, 0.717) is 37.9 Å². The van der Waals surface area contributed by atoms with Gasteiger partial charge >= 0.3 is 6.18 Å². The van der Waals surface area contributed by atoms with Gasteiger partial charge in [-0.25, -0.2) is 8.42 Å². The van der Waals surface area contributed by atoms with Crippen LogP contribution in [0.15, 0.2) is 65.6 Å². The molecule has 6 rings (SSSR count). The molecule has 3 aliphatic heterocycles. The van der Waals surface area contributed by atoms with Crippen LogP contribution >= 0.6 is 0 Å². The number of alkyl halides is 3. The number of nitriles is 1. The van der Waals surface area contributed by atoms with Crippen LogP contribution < -0.4 is 26.2 Å². The van der Waals surface area contributed by atoms with Crippen LogP contribution in [0.2, 0.25) is 0 Å². The zero-order valence-corrected chi connectivity index (χ0v) is 31.3. The molecule has 0 bridgehead atoms. The van der Waals surface area contributed by atoms with Gasteiger partial charge in [-0.2, -0.15) is 18.4 Å². The first-order valence-electron chi connectivity index (χ1n) is 17.9. The molecule has 3 heterocycles. The number of halogens is 3. The van der Waals surface area contributed by atoms with E-state index in [-0.39, 0.29) is 40.6 Å². The fourth-order valence-electron chi connectivity index (χ4n) is 7.00. The number of nitrogens with one attached hydrogen (secondary N) is 4. The third-order valence-corrected chi connectivity index (χ3v) is 12.0. The first-order chi connectivity index (χ1) is 26.9. The fourth-order valence-corrected chi connectivity index (χ4v) is 8.59. The molecule has 0 aromatic heterocycles. The van der Waals surface area contributed by atoms with Crippen molar-refractivity contribution >= 4 is 56.4 Å². The normalized spacial score (nSPS) is 18.8. The van der Waals surface area contributed by atoms with E-state index in [1.807, 2.05) is 0 Å². The van der Waals surface area contributed by atoms with Gasteiger partial charge in [-0.15, -0.1) is 0 Å². The summed E-state index contributed by atoms with van der Waals surface area (Å²) in [6, 6.07) is 13.7. The standard InChI is InChI=1S/C38H38F3N7O8S/c1-37(54,36(53)45-25-3-2-22(20-42)30(18-25)38(39,40)41)21-57(55,56)27-7-4-23(5-8-27)43-14-15-44-24-12-16-47(17-13-24)26-6-9-28-29(19-26)35(52)48(34(28)51)31-10-11-32(49)46-33(31)50/h2-9,18-19,24,31,43-44,54H,10-17,21H2,1H3,(H,45,53)(H,46,49,50). The van der Waals surface area contributed by atoms with Crippen LogP contribution in [0.1, 0.15) is 64.4 Å². The first-order valence-corrected chi connectivity index (χ1v) is 19.6. The van der Waals surface area contributed by atoms with Gasteiger partial charge < -0.3 is 26.0 Å². The topological polar surface area (TPSA) is 218 Å². The lowest BCUT2D eigenvalue weighted by Gasteiger charge is -2.34. The Hall–Kier alpha value is -5.84. The second-order valence-electron chi connectivity index (χ2n) is 14.2. The molecule has 0 radical (unpaired) electrons. The Morgan fingerprint density at radius 2 is 1.60 bits per heavy atom. The van der Waals surface area contributed by atoms with Gasteiger partial charge in [0.2, 0.25) is 11.8 Å². The maximum atomic E-state index is 13.3. The Bertz CT molecular complexity index is 2270. The number of rotatable bonds is 12. The minimum absolute atomic E-state index is 0.0422. The fraction of sp³-hybridized carbons (Fsp3) is 0.368. The summed E-state index contributed by atoms with van der Waals surface area (Å²) in [5.41, 5.74) is -3.03. The minimum atomic E-state index is -4.89. The van der Waals surface area contributed by atoms with Crippen LogP contribution in [0.3, 0.4) is 0 Å². The van der Waals surface area contributed by atoms with E-state index < -0.39 is 74.1 Å². The number of aliphatic hydroxyl groups is 1. The number of carbonyl (C=O) groups excluding carboxylic acids is 5. The minimum Gasteiger partial charge on any atom is -0.384 e. The quantitative estimate of drug-likeness (QED) is 0.132. The smallest absolute Gasteiger partial charge is 0.384 e. The average molecular weight is 810 g/mol. The molecule has 0 aliphatic carbocycles. The van der Waals surface area contributed by atoms with Crippen molar-refractivity contribution in [2.24, 2.45) is 0 Å². The number of fused-ring (bicyclic) bond motifs is 1. The molecule has 15 nitrogen and oxygen atoms in total. The van der Waals surface area contributed by atoms with Crippen LogP contribution in [0.4, 0.5) is 30.2 Å². The van der Waals surface area contributed by atoms with E-state index in [0.717, 1.165) is 42.5 Å². The third kappa shape index (κ3) is 8.93. The highest BCUT2D eigenvalue weighted by Gasteiger charge is 2.45. The summed E-state index contributed by atoms with van der Waals surface area (Å²) in [7, 11) is -4.23. The van der Waals surface area contributed by atoms with Crippen molar-refractivity contribution in [3.63, 3.8) is 0 Å². The van der Waals surface area contributed by atoms with Crippen LogP contribution in [-0.2, 0) is 30.4 Å². The van der Waals surface area contributed by atoms with E-state index >= 15 is 0 Å². The lowest BCUT2D eigenvalue weighted by Crippen LogP contribution is -2.54. The molecule has 0 spiro atoms. The molecule has 2 unspecified atom stereocenters. The van der Waals surface area contributed by atoms with Gasteiger partial charge in [0.15, 0.2) is 15.4 Å². The molecule has 2 saturated heterocycles. The van der Waals surface area contributed by atoms with Gasteiger partial charge in [-0.1, -0.05) is 0 Å². The zero-order chi connectivity index (χ0) is 41.3. The van der Waals surface area contributed by atoms with Crippen molar-refractivity contribution in [1.29, 1.82) is 5.26 Å². The van der Waals surface area contributed by atoms with Crippen molar-refractivity contribution in [2.45, 2.75) is 61.4 Å². The Morgan fingerprint density at radius 3 is 2.25 bits per heavy atom. The van der Waals surface area contributed by atoms with Gasteiger partial charge in [0, 0.05) is 55.7 Å². The van der Waals surface area contributed by atoms with Crippen molar-refractivity contribution in [1.82, 2.24) is 15.5 Å². The lowest BCUT2D eigenvalue weighted by molar-refractivity contribution is -0.138. The number of imide groups is 2. The molecule has 3 aromatic carbocycles. The first kappa shape index (κ1) is 40.8. The molecule has 0 saturated carbocycles. The zero-order valence-electron chi connectivity index (χ0n) is 30.5. The molecular weight excluding hydrogens is 772 g/mol. The van der Waals surface area contributed by atoms with E-state index in [2.05, 4.69) is 26.2 Å². The highest BCUT2D eigenvalue weighted by Crippen LogP contribution is 2.34. The number of nitrogens with zero attached hydrogens (tertiary/aromatic N) is 3. The summed E-state index contributed by atoms with van der Waals surface area (Å²) in [6.07, 6.45) is -3.17. The molecule has 3 aliphatic rings. The monoisotopic (exact) mass is 809 g/mol. The molecular formula is C38H38F3N7O8S. The number of hydrogen-bond acceptors (Lipinski definition) is 12. The largest absolute Gasteiger partial charge is 0.417 e. The van der Waals surface area contributed by atoms with E-state index in [9.17, 15) is 50.7 Å². The van der Waals surface area contributed by atoms with Gasteiger partial charge in [0.25, 0.3) is 17.7 Å².